The molecule has 1 saturated heterocycles. The van der Waals surface area contributed by atoms with Gasteiger partial charge in [-0.25, -0.2) is 0 Å². The summed E-state index contributed by atoms with van der Waals surface area (Å²) in [7, 11) is 0. The number of hydrogen-bond donors (Lipinski definition) is 0. The third kappa shape index (κ3) is 3.86. The van der Waals surface area contributed by atoms with Crippen molar-refractivity contribution in [2.24, 2.45) is 5.92 Å². The standard InChI is InChI=1S/C22H25N3O/c1-17(22-23-21(24-26-22)20-10-6-3-7-11-20)25-14-12-19(13-15-25)16-18-8-4-2-5-9-18/h2-11,17,19H,12-16H2,1H3/t17-/m0/s1. The SMILES string of the molecule is C[C@@H](c1nc(-c2ccccc2)no1)N1CCC(Cc2ccccc2)CC1. The number of benzene rings is 2. The van der Waals surface area contributed by atoms with Gasteiger partial charge in [-0.05, 0) is 50.8 Å². The predicted molar refractivity (Wildman–Crippen MR) is 103 cm³/mol. The Morgan fingerprint density at radius 1 is 1.00 bits per heavy atom. The van der Waals surface area contributed by atoms with Gasteiger partial charge in [-0.3, -0.25) is 4.90 Å². The van der Waals surface area contributed by atoms with Crippen LogP contribution in [0.1, 0.15) is 37.3 Å². The van der Waals surface area contributed by atoms with Crippen LogP contribution >= 0.6 is 0 Å². The zero-order chi connectivity index (χ0) is 17.8. The van der Waals surface area contributed by atoms with Crippen molar-refractivity contribution < 1.29 is 4.52 Å². The predicted octanol–water partition coefficient (Wildman–Crippen LogP) is 4.75. The fourth-order valence-corrected chi connectivity index (χ4v) is 3.76. The molecule has 4 rings (SSSR count). The maximum absolute atomic E-state index is 5.55. The molecule has 4 nitrogen and oxygen atoms in total. The van der Waals surface area contributed by atoms with E-state index in [2.05, 4.69) is 52.3 Å². The Hall–Kier alpha value is -2.46. The molecule has 3 aromatic rings. The van der Waals surface area contributed by atoms with Crippen LogP contribution in [-0.2, 0) is 6.42 Å². The summed E-state index contributed by atoms with van der Waals surface area (Å²) in [5.41, 5.74) is 2.44. The fourth-order valence-electron chi connectivity index (χ4n) is 3.76. The van der Waals surface area contributed by atoms with E-state index in [0.717, 1.165) is 24.6 Å². The van der Waals surface area contributed by atoms with E-state index in [1.165, 1.54) is 24.8 Å². The van der Waals surface area contributed by atoms with Crippen LogP contribution in [0.15, 0.2) is 65.2 Å². The largest absolute Gasteiger partial charge is 0.337 e. The van der Waals surface area contributed by atoms with Crippen LogP contribution < -0.4 is 0 Å². The van der Waals surface area contributed by atoms with Crippen molar-refractivity contribution in [3.8, 4) is 11.4 Å². The average Bonchev–Trinajstić information content (AvgIpc) is 3.20. The second kappa shape index (κ2) is 7.83. The molecule has 1 atom stereocenters. The molecule has 1 aromatic heterocycles. The molecule has 0 amide bonds. The summed E-state index contributed by atoms with van der Waals surface area (Å²) < 4.78 is 5.55. The molecule has 2 aromatic carbocycles. The summed E-state index contributed by atoms with van der Waals surface area (Å²) in [6.07, 6.45) is 3.62. The molecule has 4 heteroatoms. The Kier molecular flexibility index (Phi) is 5.12. The van der Waals surface area contributed by atoms with Crippen molar-refractivity contribution in [1.82, 2.24) is 15.0 Å². The first-order valence-corrected chi connectivity index (χ1v) is 9.46. The minimum Gasteiger partial charge on any atom is -0.337 e. The Bertz CT molecular complexity index is 808. The van der Waals surface area contributed by atoms with Gasteiger partial charge < -0.3 is 4.52 Å². The molecule has 0 bridgehead atoms. The van der Waals surface area contributed by atoms with E-state index < -0.39 is 0 Å². The Labute approximate surface area is 154 Å². The van der Waals surface area contributed by atoms with Crippen LogP contribution in [0.25, 0.3) is 11.4 Å². The summed E-state index contributed by atoms with van der Waals surface area (Å²) in [6, 6.07) is 21.0. The van der Waals surface area contributed by atoms with Gasteiger partial charge in [0.05, 0.1) is 6.04 Å². The van der Waals surface area contributed by atoms with E-state index in [9.17, 15) is 0 Å². The molecule has 0 aliphatic carbocycles. The molecule has 1 fully saturated rings. The van der Waals surface area contributed by atoms with Gasteiger partial charge in [0.1, 0.15) is 0 Å². The lowest BCUT2D eigenvalue weighted by Crippen LogP contribution is -2.36. The van der Waals surface area contributed by atoms with Crippen LogP contribution in [-0.4, -0.2) is 28.1 Å². The number of rotatable bonds is 5. The minimum atomic E-state index is 0.164. The quantitative estimate of drug-likeness (QED) is 0.668. The number of piperidine rings is 1. The van der Waals surface area contributed by atoms with Crippen molar-refractivity contribution >= 4 is 0 Å². The summed E-state index contributed by atoms with van der Waals surface area (Å²) in [5, 5.41) is 4.16. The zero-order valence-corrected chi connectivity index (χ0v) is 15.2. The summed E-state index contributed by atoms with van der Waals surface area (Å²) in [4.78, 5) is 7.09. The summed E-state index contributed by atoms with van der Waals surface area (Å²) >= 11 is 0. The number of nitrogens with zero attached hydrogens (tertiary/aromatic N) is 3. The summed E-state index contributed by atoms with van der Waals surface area (Å²) in [6.45, 7) is 4.34. The molecule has 0 spiro atoms. The van der Waals surface area contributed by atoms with Gasteiger partial charge in [-0.2, -0.15) is 4.98 Å². The first kappa shape index (κ1) is 17.0. The third-order valence-electron chi connectivity index (χ3n) is 5.40. The van der Waals surface area contributed by atoms with Crippen LogP contribution in [0.5, 0.6) is 0 Å². The van der Waals surface area contributed by atoms with Gasteiger partial charge in [0, 0.05) is 5.56 Å². The van der Waals surface area contributed by atoms with Gasteiger partial charge >= 0.3 is 0 Å². The molecule has 26 heavy (non-hydrogen) atoms. The lowest BCUT2D eigenvalue weighted by atomic mass is 9.89. The molecular weight excluding hydrogens is 322 g/mol. The zero-order valence-electron chi connectivity index (χ0n) is 15.2. The Morgan fingerprint density at radius 2 is 1.65 bits per heavy atom. The first-order chi connectivity index (χ1) is 12.8. The van der Waals surface area contributed by atoms with Crippen LogP contribution in [0, 0.1) is 5.92 Å². The maximum atomic E-state index is 5.55. The number of hydrogen-bond acceptors (Lipinski definition) is 4. The highest BCUT2D eigenvalue weighted by atomic mass is 16.5. The lowest BCUT2D eigenvalue weighted by Gasteiger charge is -2.34. The van der Waals surface area contributed by atoms with Crippen LogP contribution in [0.3, 0.4) is 0 Å². The molecule has 0 radical (unpaired) electrons. The van der Waals surface area contributed by atoms with Crippen molar-refractivity contribution in [1.29, 1.82) is 0 Å². The smallest absolute Gasteiger partial charge is 0.244 e. The van der Waals surface area contributed by atoms with Gasteiger partial charge in [0.2, 0.25) is 11.7 Å². The van der Waals surface area contributed by atoms with Crippen molar-refractivity contribution in [3.05, 3.63) is 72.1 Å². The van der Waals surface area contributed by atoms with E-state index in [0.29, 0.717) is 11.7 Å². The highest BCUT2D eigenvalue weighted by Crippen LogP contribution is 2.28. The van der Waals surface area contributed by atoms with Crippen LogP contribution in [0.4, 0.5) is 0 Å². The Morgan fingerprint density at radius 3 is 2.35 bits per heavy atom. The average molecular weight is 347 g/mol. The second-order valence-corrected chi connectivity index (χ2v) is 7.17. The van der Waals surface area contributed by atoms with Gasteiger partial charge in [-0.1, -0.05) is 65.8 Å². The molecule has 1 aliphatic rings. The highest BCUT2D eigenvalue weighted by molar-refractivity contribution is 5.53. The van der Waals surface area contributed by atoms with Crippen molar-refractivity contribution in [3.63, 3.8) is 0 Å². The van der Waals surface area contributed by atoms with Gasteiger partial charge in [0.25, 0.3) is 0 Å². The molecule has 1 aliphatic heterocycles. The molecule has 134 valence electrons. The fraction of sp³-hybridized carbons (Fsp3) is 0.364. The van der Waals surface area contributed by atoms with E-state index in [1.54, 1.807) is 0 Å². The summed E-state index contributed by atoms with van der Waals surface area (Å²) in [5.74, 6) is 2.15. The van der Waals surface area contributed by atoms with Crippen molar-refractivity contribution in [2.75, 3.05) is 13.1 Å². The normalized spacial score (nSPS) is 17.3. The van der Waals surface area contributed by atoms with Crippen LogP contribution in [0.2, 0.25) is 0 Å². The number of likely N-dealkylation sites (tertiary alicyclic amines) is 1. The molecule has 0 saturated carbocycles. The van der Waals surface area contributed by atoms with Gasteiger partial charge in [-0.15, -0.1) is 0 Å². The lowest BCUT2D eigenvalue weighted by molar-refractivity contribution is 0.119. The third-order valence-corrected chi connectivity index (χ3v) is 5.40. The monoisotopic (exact) mass is 347 g/mol. The molecule has 2 heterocycles. The van der Waals surface area contributed by atoms with E-state index in [1.807, 2.05) is 30.3 Å². The van der Waals surface area contributed by atoms with Crippen molar-refractivity contribution in [2.45, 2.75) is 32.2 Å². The molecular formula is C22H25N3O. The first-order valence-electron chi connectivity index (χ1n) is 9.46. The van der Waals surface area contributed by atoms with Gasteiger partial charge in [0.15, 0.2) is 0 Å². The highest BCUT2D eigenvalue weighted by Gasteiger charge is 2.27. The second-order valence-electron chi connectivity index (χ2n) is 7.17. The number of aromatic nitrogens is 2. The van der Waals surface area contributed by atoms with E-state index in [4.69, 9.17) is 4.52 Å². The molecule has 0 unspecified atom stereocenters. The van der Waals surface area contributed by atoms with E-state index in [-0.39, 0.29) is 6.04 Å². The minimum absolute atomic E-state index is 0.164. The topological polar surface area (TPSA) is 42.2 Å². The molecule has 0 N–H and O–H groups in total. The van der Waals surface area contributed by atoms with E-state index >= 15 is 0 Å². The Balaban J connectivity index is 1.35. The maximum Gasteiger partial charge on any atom is 0.244 e.